The Morgan fingerprint density at radius 3 is 3.00 bits per heavy atom. The van der Waals surface area contributed by atoms with Crippen molar-refractivity contribution < 1.29 is 0 Å². The molecule has 0 fully saturated rings. The summed E-state index contributed by atoms with van der Waals surface area (Å²) in [5.41, 5.74) is 3.76. The van der Waals surface area contributed by atoms with Gasteiger partial charge in [-0.2, -0.15) is 5.26 Å². The Kier molecular flexibility index (Phi) is 2.78. The van der Waals surface area contributed by atoms with Crippen molar-refractivity contribution in [2.75, 3.05) is 0 Å². The average Bonchev–Trinajstić information content (AvgIpc) is 2.26. The first-order valence-corrected chi connectivity index (χ1v) is 5.25. The van der Waals surface area contributed by atoms with Crippen molar-refractivity contribution in [3.05, 3.63) is 29.1 Å². The maximum absolute atomic E-state index is 8.49. The quantitative estimate of drug-likeness (QED) is 0.711. The zero-order valence-electron chi connectivity index (χ0n) is 8.29. The molecular formula is C12H14N2. The number of aromatic nitrogens is 1. The molecule has 0 spiro atoms. The molecule has 0 amide bonds. The lowest BCUT2D eigenvalue weighted by Gasteiger charge is -2.14. The van der Waals surface area contributed by atoms with Crippen molar-refractivity contribution in [1.82, 2.24) is 4.98 Å². The van der Waals surface area contributed by atoms with Crippen molar-refractivity contribution in [3.8, 4) is 6.07 Å². The SMILES string of the molecule is N#CCCc1ccc2c(n1)CCCC2. The number of hydrogen-bond acceptors (Lipinski definition) is 2. The molecule has 0 unspecified atom stereocenters. The third-order valence-corrected chi connectivity index (χ3v) is 2.73. The molecule has 14 heavy (non-hydrogen) atoms. The van der Waals surface area contributed by atoms with Crippen LogP contribution in [0, 0.1) is 11.3 Å². The molecule has 2 rings (SSSR count). The summed E-state index contributed by atoms with van der Waals surface area (Å²) in [6.07, 6.45) is 6.24. The number of nitriles is 1. The predicted molar refractivity (Wildman–Crippen MR) is 54.8 cm³/mol. The monoisotopic (exact) mass is 186 g/mol. The van der Waals surface area contributed by atoms with Gasteiger partial charge in [-0.1, -0.05) is 6.07 Å². The van der Waals surface area contributed by atoms with Gasteiger partial charge in [0, 0.05) is 24.2 Å². The van der Waals surface area contributed by atoms with E-state index in [0.717, 1.165) is 18.5 Å². The zero-order chi connectivity index (χ0) is 9.80. The molecule has 0 aliphatic heterocycles. The predicted octanol–water partition coefficient (Wildman–Crippen LogP) is 2.42. The molecule has 0 radical (unpaired) electrons. The second-order valence-corrected chi connectivity index (χ2v) is 3.77. The van der Waals surface area contributed by atoms with E-state index in [0.29, 0.717) is 6.42 Å². The second kappa shape index (κ2) is 4.23. The Hall–Kier alpha value is -1.36. The lowest BCUT2D eigenvalue weighted by atomic mass is 9.95. The lowest BCUT2D eigenvalue weighted by Crippen LogP contribution is -2.06. The largest absolute Gasteiger partial charge is 0.258 e. The van der Waals surface area contributed by atoms with Crippen LogP contribution in [-0.4, -0.2) is 4.98 Å². The summed E-state index contributed by atoms with van der Waals surface area (Å²) in [7, 11) is 0. The topological polar surface area (TPSA) is 36.7 Å². The van der Waals surface area contributed by atoms with Gasteiger partial charge in [0.25, 0.3) is 0 Å². The first kappa shape index (κ1) is 9.21. The maximum Gasteiger partial charge on any atom is 0.0625 e. The van der Waals surface area contributed by atoms with Crippen molar-refractivity contribution in [1.29, 1.82) is 5.26 Å². The van der Waals surface area contributed by atoms with Crippen LogP contribution in [0.15, 0.2) is 12.1 Å². The average molecular weight is 186 g/mol. The number of nitrogens with zero attached hydrogens (tertiary/aromatic N) is 2. The molecule has 0 saturated heterocycles. The summed E-state index contributed by atoms with van der Waals surface area (Å²) in [6, 6.07) is 6.42. The minimum atomic E-state index is 0.575. The van der Waals surface area contributed by atoms with Gasteiger partial charge in [-0.3, -0.25) is 4.98 Å². The number of hydrogen-bond donors (Lipinski definition) is 0. The molecule has 1 aromatic rings. The highest BCUT2D eigenvalue weighted by Crippen LogP contribution is 2.19. The van der Waals surface area contributed by atoms with Gasteiger partial charge in [-0.15, -0.1) is 0 Å². The van der Waals surface area contributed by atoms with Crippen molar-refractivity contribution >= 4 is 0 Å². The molecule has 1 aliphatic rings. The molecule has 2 heteroatoms. The van der Waals surface area contributed by atoms with Gasteiger partial charge in [0.2, 0.25) is 0 Å². The van der Waals surface area contributed by atoms with Gasteiger partial charge < -0.3 is 0 Å². The van der Waals surface area contributed by atoms with Crippen LogP contribution in [-0.2, 0) is 19.3 Å². The molecule has 0 atom stereocenters. The first-order valence-electron chi connectivity index (χ1n) is 5.25. The minimum Gasteiger partial charge on any atom is -0.258 e. The van der Waals surface area contributed by atoms with Crippen LogP contribution in [0.3, 0.4) is 0 Å². The molecule has 0 saturated carbocycles. The molecule has 72 valence electrons. The molecule has 1 aromatic heterocycles. The normalized spacial score (nSPS) is 14.5. The van der Waals surface area contributed by atoms with E-state index >= 15 is 0 Å². The summed E-state index contributed by atoms with van der Waals surface area (Å²) in [4.78, 5) is 4.60. The van der Waals surface area contributed by atoms with E-state index in [1.165, 1.54) is 30.5 Å². The van der Waals surface area contributed by atoms with Gasteiger partial charge in [0.1, 0.15) is 0 Å². The van der Waals surface area contributed by atoms with Crippen LogP contribution in [0.2, 0.25) is 0 Å². The van der Waals surface area contributed by atoms with Gasteiger partial charge in [-0.25, -0.2) is 0 Å². The molecule has 1 aliphatic carbocycles. The first-order chi connectivity index (χ1) is 6.90. The number of pyridine rings is 1. The summed E-state index contributed by atoms with van der Waals surface area (Å²) in [5.74, 6) is 0. The molecule has 1 heterocycles. The van der Waals surface area contributed by atoms with Crippen molar-refractivity contribution in [2.24, 2.45) is 0 Å². The van der Waals surface area contributed by atoms with Crippen LogP contribution in [0.5, 0.6) is 0 Å². The molecule has 0 bridgehead atoms. The second-order valence-electron chi connectivity index (χ2n) is 3.77. The van der Waals surface area contributed by atoms with E-state index in [4.69, 9.17) is 5.26 Å². The smallest absolute Gasteiger partial charge is 0.0625 e. The van der Waals surface area contributed by atoms with Crippen LogP contribution in [0.25, 0.3) is 0 Å². The Labute approximate surface area is 84.6 Å². The fourth-order valence-corrected chi connectivity index (χ4v) is 1.95. The van der Waals surface area contributed by atoms with Gasteiger partial charge in [0.15, 0.2) is 0 Å². The number of fused-ring (bicyclic) bond motifs is 1. The third-order valence-electron chi connectivity index (χ3n) is 2.73. The Morgan fingerprint density at radius 2 is 2.14 bits per heavy atom. The van der Waals surface area contributed by atoms with Gasteiger partial charge >= 0.3 is 0 Å². The van der Waals surface area contributed by atoms with E-state index < -0.39 is 0 Å². The van der Waals surface area contributed by atoms with E-state index in [9.17, 15) is 0 Å². The summed E-state index contributed by atoms with van der Waals surface area (Å²) < 4.78 is 0. The van der Waals surface area contributed by atoms with Crippen LogP contribution >= 0.6 is 0 Å². The standard InChI is InChI=1S/C12H14N2/c13-9-3-5-11-8-7-10-4-1-2-6-12(10)14-11/h7-8H,1-6H2. The third kappa shape index (κ3) is 1.93. The maximum atomic E-state index is 8.49. The molecule has 2 nitrogen and oxygen atoms in total. The van der Waals surface area contributed by atoms with Crippen LogP contribution < -0.4 is 0 Å². The number of aryl methyl sites for hydroxylation is 3. The van der Waals surface area contributed by atoms with E-state index in [1.54, 1.807) is 0 Å². The Balaban J connectivity index is 2.17. The fraction of sp³-hybridized carbons (Fsp3) is 0.500. The highest BCUT2D eigenvalue weighted by Gasteiger charge is 2.10. The molecular weight excluding hydrogens is 172 g/mol. The highest BCUT2D eigenvalue weighted by atomic mass is 14.7. The summed E-state index contributed by atoms with van der Waals surface area (Å²) >= 11 is 0. The Morgan fingerprint density at radius 1 is 1.29 bits per heavy atom. The van der Waals surface area contributed by atoms with Crippen LogP contribution in [0.4, 0.5) is 0 Å². The Bertz CT molecular complexity index is 363. The lowest BCUT2D eigenvalue weighted by molar-refractivity contribution is 0.662. The van der Waals surface area contributed by atoms with E-state index in [1.807, 2.05) is 0 Å². The van der Waals surface area contributed by atoms with Gasteiger partial charge in [0.05, 0.1) is 6.07 Å². The highest BCUT2D eigenvalue weighted by molar-refractivity contribution is 5.25. The zero-order valence-corrected chi connectivity index (χ0v) is 8.29. The van der Waals surface area contributed by atoms with Crippen molar-refractivity contribution in [3.63, 3.8) is 0 Å². The number of rotatable bonds is 2. The van der Waals surface area contributed by atoms with E-state index in [-0.39, 0.29) is 0 Å². The fourth-order valence-electron chi connectivity index (χ4n) is 1.95. The minimum absolute atomic E-state index is 0.575. The molecule has 0 N–H and O–H groups in total. The van der Waals surface area contributed by atoms with Crippen LogP contribution in [0.1, 0.15) is 36.2 Å². The molecule has 0 aromatic carbocycles. The van der Waals surface area contributed by atoms with E-state index in [2.05, 4.69) is 23.2 Å². The van der Waals surface area contributed by atoms with Gasteiger partial charge in [-0.05, 0) is 37.3 Å². The van der Waals surface area contributed by atoms with Crippen molar-refractivity contribution in [2.45, 2.75) is 38.5 Å². The summed E-state index contributed by atoms with van der Waals surface area (Å²) in [5, 5.41) is 8.49. The summed E-state index contributed by atoms with van der Waals surface area (Å²) in [6.45, 7) is 0.